The molecule has 1 aromatic rings. The SMILES string of the molecule is CCCNC(Cc1ccc(F)c(F)c1)C(C)CCOC. The standard InChI is InChI=1S/C16H25F2NO/c1-4-8-19-16(12(2)7-9-20-3)11-13-5-6-14(17)15(18)10-13/h5-6,10,12,16,19H,4,7-9,11H2,1-3H3. The number of hydrogen-bond donors (Lipinski definition) is 1. The minimum absolute atomic E-state index is 0.245. The largest absolute Gasteiger partial charge is 0.385 e. The molecule has 0 aliphatic carbocycles. The fourth-order valence-corrected chi connectivity index (χ4v) is 2.23. The maximum absolute atomic E-state index is 13.3. The summed E-state index contributed by atoms with van der Waals surface area (Å²) in [4.78, 5) is 0. The lowest BCUT2D eigenvalue weighted by molar-refractivity contribution is 0.170. The van der Waals surface area contributed by atoms with Gasteiger partial charge >= 0.3 is 0 Å². The van der Waals surface area contributed by atoms with Crippen LogP contribution in [0.2, 0.25) is 0 Å². The molecular formula is C16H25F2NO. The van der Waals surface area contributed by atoms with E-state index in [1.807, 2.05) is 0 Å². The third-order valence-corrected chi connectivity index (χ3v) is 3.56. The zero-order chi connectivity index (χ0) is 15.0. The third-order valence-electron chi connectivity index (χ3n) is 3.56. The molecule has 1 N–H and O–H groups in total. The predicted molar refractivity (Wildman–Crippen MR) is 77.8 cm³/mol. The van der Waals surface area contributed by atoms with Crippen molar-refractivity contribution in [2.24, 2.45) is 5.92 Å². The highest BCUT2D eigenvalue weighted by Gasteiger charge is 2.17. The van der Waals surface area contributed by atoms with Gasteiger partial charge in [-0.3, -0.25) is 0 Å². The van der Waals surface area contributed by atoms with Crippen molar-refractivity contribution in [1.82, 2.24) is 5.32 Å². The molecule has 20 heavy (non-hydrogen) atoms. The first kappa shape index (κ1) is 17.1. The Morgan fingerprint density at radius 3 is 2.60 bits per heavy atom. The summed E-state index contributed by atoms with van der Waals surface area (Å²) >= 11 is 0. The van der Waals surface area contributed by atoms with Crippen LogP contribution < -0.4 is 5.32 Å². The van der Waals surface area contributed by atoms with Crippen molar-refractivity contribution in [3.05, 3.63) is 35.4 Å². The molecule has 0 spiro atoms. The van der Waals surface area contributed by atoms with Gasteiger partial charge in [-0.25, -0.2) is 8.78 Å². The van der Waals surface area contributed by atoms with Gasteiger partial charge in [0.15, 0.2) is 11.6 Å². The van der Waals surface area contributed by atoms with Crippen molar-refractivity contribution in [1.29, 1.82) is 0 Å². The number of halogens is 2. The van der Waals surface area contributed by atoms with Gasteiger partial charge in [-0.2, -0.15) is 0 Å². The molecule has 0 saturated carbocycles. The van der Waals surface area contributed by atoms with E-state index in [1.165, 1.54) is 12.1 Å². The van der Waals surface area contributed by atoms with Crippen LogP contribution in [0.5, 0.6) is 0 Å². The highest BCUT2D eigenvalue weighted by atomic mass is 19.2. The molecule has 2 atom stereocenters. The third kappa shape index (κ3) is 5.55. The Balaban J connectivity index is 2.69. The lowest BCUT2D eigenvalue weighted by Gasteiger charge is -2.25. The summed E-state index contributed by atoms with van der Waals surface area (Å²) in [5, 5.41) is 3.49. The fourth-order valence-electron chi connectivity index (χ4n) is 2.23. The summed E-state index contributed by atoms with van der Waals surface area (Å²) in [7, 11) is 1.69. The van der Waals surface area contributed by atoms with Gasteiger partial charge in [0.25, 0.3) is 0 Å². The molecule has 0 fully saturated rings. The summed E-state index contributed by atoms with van der Waals surface area (Å²) in [6.45, 7) is 5.91. The number of nitrogens with one attached hydrogen (secondary N) is 1. The van der Waals surface area contributed by atoms with E-state index in [0.29, 0.717) is 18.9 Å². The number of methoxy groups -OCH3 is 1. The van der Waals surface area contributed by atoms with Crippen molar-refractivity contribution < 1.29 is 13.5 Å². The molecule has 2 unspecified atom stereocenters. The van der Waals surface area contributed by atoms with Crippen LogP contribution in [0.15, 0.2) is 18.2 Å². The Kier molecular flexibility index (Phi) is 7.70. The molecule has 0 radical (unpaired) electrons. The zero-order valence-electron chi connectivity index (χ0n) is 12.6. The lowest BCUT2D eigenvalue weighted by Crippen LogP contribution is -2.38. The number of rotatable bonds is 9. The van der Waals surface area contributed by atoms with E-state index < -0.39 is 11.6 Å². The van der Waals surface area contributed by atoms with Gasteiger partial charge in [-0.15, -0.1) is 0 Å². The van der Waals surface area contributed by atoms with Crippen LogP contribution >= 0.6 is 0 Å². The van der Waals surface area contributed by atoms with Gasteiger partial charge in [-0.1, -0.05) is 19.9 Å². The van der Waals surface area contributed by atoms with Gasteiger partial charge in [0, 0.05) is 19.8 Å². The second kappa shape index (κ2) is 9.03. The van der Waals surface area contributed by atoms with Gasteiger partial charge < -0.3 is 10.1 Å². The number of hydrogen-bond acceptors (Lipinski definition) is 2. The van der Waals surface area contributed by atoms with E-state index in [0.717, 1.165) is 24.9 Å². The predicted octanol–water partition coefficient (Wildman–Crippen LogP) is 3.55. The van der Waals surface area contributed by atoms with Crippen molar-refractivity contribution in [2.45, 2.75) is 39.2 Å². The number of benzene rings is 1. The first-order valence-electron chi connectivity index (χ1n) is 7.24. The molecule has 0 aliphatic rings. The first-order chi connectivity index (χ1) is 9.58. The first-order valence-corrected chi connectivity index (χ1v) is 7.24. The van der Waals surface area contributed by atoms with Crippen molar-refractivity contribution in [3.8, 4) is 0 Å². The molecule has 0 aromatic heterocycles. The molecule has 0 aliphatic heterocycles. The van der Waals surface area contributed by atoms with Gasteiger partial charge in [0.2, 0.25) is 0 Å². The topological polar surface area (TPSA) is 21.3 Å². The van der Waals surface area contributed by atoms with Crippen LogP contribution in [0.1, 0.15) is 32.3 Å². The average molecular weight is 285 g/mol. The molecule has 0 saturated heterocycles. The Morgan fingerprint density at radius 1 is 1.25 bits per heavy atom. The van der Waals surface area contributed by atoms with Crippen LogP contribution in [0.25, 0.3) is 0 Å². The van der Waals surface area contributed by atoms with Crippen LogP contribution in [-0.4, -0.2) is 26.3 Å². The van der Waals surface area contributed by atoms with Crippen molar-refractivity contribution in [3.63, 3.8) is 0 Å². The van der Waals surface area contributed by atoms with Crippen LogP contribution in [0.3, 0.4) is 0 Å². The minimum atomic E-state index is -0.792. The fraction of sp³-hybridized carbons (Fsp3) is 0.625. The normalized spacial score (nSPS) is 14.2. The van der Waals surface area contributed by atoms with Crippen molar-refractivity contribution >= 4 is 0 Å². The lowest BCUT2D eigenvalue weighted by atomic mass is 9.92. The molecule has 0 amide bonds. The van der Waals surface area contributed by atoms with E-state index in [2.05, 4.69) is 19.2 Å². The molecule has 0 heterocycles. The Labute approximate surface area is 120 Å². The smallest absolute Gasteiger partial charge is 0.159 e. The van der Waals surface area contributed by atoms with Crippen LogP contribution in [-0.2, 0) is 11.2 Å². The van der Waals surface area contributed by atoms with Gasteiger partial charge in [0.1, 0.15) is 0 Å². The second-order valence-corrected chi connectivity index (χ2v) is 5.27. The quantitative estimate of drug-likeness (QED) is 0.749. The Hall–Kier alpha value is -1.00. The summed E-state index contributed by atoms with van der Waals surface area (Å²) in [5.41, 5.74) is 0.821. The summed E-state index contributed by atoms with van der Waals surface area (Å²) in [6.07, 6.45) is 2.69. The monoisotopic (exact) mass is 285 g/mol. The average Bonchev–Trinajstić information content (AvgIpc) is 2.44. The highest BCUT2D eigenvalue weighted by molar-refractivity contribution is 5.19. The second-order valence-electron chi connectivity index (χ2n) is 5.27. The zero-order valence-corrected chi connectivity index (χ0v) is 12.6. The van der Waals surface area contributed by atoms with Crippen molar-refractivity contribution in [2.75, 3.05) is 20.3 Å². The van der Waals surface area contributed by atoms with E-state index in [9.17, 15) is 8.78 Å². The molecule has 4 heteroatoms. The van der Waals surface area contributed by atoms with E-state index >= 15 is 0 Å². The molecule has 0 bridgehead atoms. The van der Waals surface area contributed by atoms with Crippen LogP contribution in [0, 0.1) is 17.6 Å². The summed E-state index contributed by atoms with van der Waals surface area (Å²) in [5.74, 6) is -1.16. The molecule has 1 rings (SSSR count). The molecule has 1 aromatic carbocycles. The van der Waals surface area contributed by atoms with E-state index in [4.69, 9.17) is 4.74 Å². The maximum atomic E-state index is 13.3. The maximum Gasteiger partial charge on any atom is 0.159 e. The molecular weight excluding hydrogens is 260 g/mol. The molecule has 2 nitrogen and oxygen atoms in total. The molecule has 114 valence electrons. The Morgan fingerprint density at radius 2 is 2.00 bits per heavy atom. The van der Waals surface area contributed by atoms with E-state index in [1.54, 1.807) is 13.2 Å². The van der Waals surface area contributed by atoms with Gasteiger partial charge in [0.05, 0.1) is 0 Å². The Bertz CT molecular complexity index is 398. The summed E-state index contributed by atoms with van der Waals surface area (Å²) in [6, 6.07) is 4.39. The minimum Gasteiger partial charge on any atom is -0.385 e. The van der Waals surface area contributed by atoms with E-state index in [-0.39, 0.29) is 6.04 Å². The summed E-state index contributed by atoms with van der Waals surface area (Å²) < 4.78 is 31.3. The van der Waals surface area contributed by atoms with Crippen LogP contribution in [0.4, 0.5) is 8.78 Å². The van der Waals surface area contributed by atoms with Gasteiger partial charge in [-0.05, 0) is 49.4 Å². The highest BCUT2D eigenvalue weighted by Crippen LogP contribution is 2.16. The number of ether oxygens (including phenoxy) is 1.